The van der Waals surface area contributed by atoms with Crippen LogP contribution in [0.25, 0.3) is 0 Å². The van der Waals surface area contributed by atoms with Gasteiger partial charge in [0.1, 0.15) is 11.3 Å². The van der Waals surface area contributed by atoms with Gasteiger partial charge < -0.3 is 10.4 Å². The second-order valence-corrected chi connectivity index (χ2v) is 5.39. The number of benzene rings is 1. The van der Waals surface area contributed by atoms with Crippen LogP contribution in [0, 0.1) is 13.8 Å². The van der Waals surface area contributed by atoms with E-state index in [0.717, 1.165) is 16.7 Å². The number of carboxylic acids is 1. The van der Waals surface area contributed by atoms with E-state index in [9.17, 15) is 9.59 Å². The molecule has 0 bridgehead atoms. The molecule has 0 aliphatic carbocycles. The summed E-state index contributed by atoms with van der Waals surface area (Å²) in [6, 6.07) is 5.77. The van der Waals surface area contributed by atoms with Crippen molar-refractivity contribution in [3.8, 4) is 0 Å². The van der Waals surface area contributed by atoms with Crippen molar-refractivity contribution in [3.05, 3.63) is 52.3 Å². The molecule has 1 amide bonds. The molecule has 2 rings (SSSR count). The number of aromatic carboxylic acids is 1. The third-order valence-corrected chi connectivity index (χ3v) is 3.62. The molecular weight excluding hydrogens is 282 g/mol. The normalized spacial score (nSPS) is 12.0. The zero-order valence-electron chi connectivity index (χ0n) is 13.0. The maximum Gasteiger partial charge on any atom is 0.339 e. The van der Waals surface area contributed by atoms with E-state index in [1.807, 2.05) is 39.0 Å². The number of hydrogen-bond acceptors (Lipinski definition) is 3. The Hall–Kier alpha value is -2.63. The second kappa shape index (κ2) is 6.01. The van der Waals surface area contributed by atoms with Crippen LogP contribution < -0.4 is 5.32 Å². The van der Waals surface area contributed by atoms with E-state index < -0.39 is 11.9 Å². The first kappa shape index (κ1) is 15.8. The van der Waals surface area contributed by atoms with Crippen LogP contribution in [-0.4, -0.2) is 26.8 Å². The van der Waals surface area contributed by atoms with Crippen LogP contribution in [0.5, 0.6) is 0 Å². The molecular formula is C16H19N3O3. The SMILES string of the molecule is Cc1ccc(C(C)NC(=O)c2c(C(=O)O)cnn2C)c(C)c1. The lowest BCUT2D eigenvalue weighted by molar-refractivity contribution is 0.0690. The number of carbonyl (C=O) groups excluding carboxylic acids is 1. The predicted octanol–water partition coefficient (Wildman–Crippen LogP) is 2.23. The van der Waals surface area contributed by atoms with E-state index in [-0.39, 0.29) is 17.3 Å². The van der Waals surface area contributed by atoms with Crippen molar-refractivity contribution in [2.24, 2.45) is 7.05 Å². The first-order chi connectivity index (χ1) is 10.3. The average Bonchev–Trinajstić information content (AvgIpc) is 2.80. The Morgan fingerprint density at radius 3 is 2.59 bits per heavy atom. The summed E-state index contributed by atoms with van der Waals surface area (Å²) in [6.45, 7) is 5.86. The van der Waals surface area contributed by atoms with E-state index in [0.29, 0.717) is 0 Å². The van der Waals surface area contributed by atoms with Crippen molar-refractivity contribution in [1.82, 2.24) is 15.1 Å². The summed E-state index contributed by atoms with van der Waals surface area (Å²) >= 11 is 0. The van der Waals surface area contributed by atoms with Crippen molar-refractivity contribution >= 4 is 11.9 Å². The molecule has 0 saturated heterocycles. The molecule has 0 fully saturated rings. The summed E-state index contributed by atoms with van der Waals surface area (Å²) in [5, 5.41) is 15.8. The van der Waals surface area contributed by atoms with Crippen LogP contribution in [0.2, 0.25) is 0 Å². The molecule has 6 heteroatoms. The van der Waals surface area contributed by atoms with Gasteiger partial charge in [-0.3, -0.25) is 9.48 Å². The van der Waals surface area contributed by atoms with Gasteiger partial charge in [-0.05, 0) is 31.9 Å². The van der Waals surface area contributed by atoms with Gasteiger partial charge in [0.15, 0.2) is 0 Å². The molecule has 1 unspecified atom stereocenters. The third kappa shape index (κ3) is 3.00. The molecule has 22 heavy (non-hydrogen) atoms. The minimum Gasteiger partial charge on any atom is -0.478 e. The molecule has 2 aromatic rings. The highest BCUT2D eigenvalue weighted by molar-refractivity contribution is 6.03. The zero-order valence-corrected chi connectivity index (χ0v) is 13.0. The number of amides is 1. The molecule has 2 N–H and O–H groups in total. The molecule has 1 aromatic carbocycles. The predicted molar refractivity (Wildman–Crippen MR) is 82.0 cm³/mol. The number of hydrogen-bond donors (Lipinski definition) is 2. The minimum atomic E-state index is -1.17. The fourth-order valence-corrected chi connectivity index (χ4v) is 2.52. The summed E-state index contributed by atoms with van der Waals surface area (Å²) in [4.78, 5) is 23.5. The number of rotatable bonds is 4. The number of aromatic nitrogens is 2. The molecule has 6 nitrogen and oxygen atoms in total. The first-order valence-electron chi connectivity index (χ1n) is 6.94. The number of aryl methyl sites for hydroxylation is 3. The summed E-state index contributed by atoms with van der Waals surface area (Å²) in [5.74, 6) is -1.62. The standard InChI is InChI=1S/C16H19N3O3/c1-9-5-6-12(10(2)7-9)11(3)18-15(20)14-13(16(21)22)8-17-19(14)4/h5-8,11H,1-4H3,(H,18,20)(H,21,22). The van der Waals surface area contributed by atoms with Crippen molar-refractivity contribution in [2.45, 2.75) is 26.8 Å². The van der Waals surface area contributed by atoms with E-state index >= 15 is 0 Å². The second-order valence-electron chi connectivity index (χ2n) is 5.39. The fraction of sp³-hybridized carbons (Fsp3) is 0.312. The highest BCUT2D eigenvalue weighted by Crippen LogP contribution is 2.19. The van der Waals surface area contributed by atoms with Gasteiger partial charge in [0.25, 0.3) is 5.91 Å². The highest BCUT2D eigenvalue weighted by atomic mass is 16.4. The smallest absolute Gasteiger partial charge is 0.339 e. The summed E-state index contributed by atoms with van der Waals surface area (Å²) < 4.78 is 1.27. The van der Waals surface area contributed by atoms with Gasteiger partial charge in [0.2, 0.25) is 0 Å². The average molecular weight is 301 g/mol. The Kier molecular flexibility index (Phi) is 4.30. The topological polar surface area (TPSA) is 84.2 Å². The van der Waals surface area contributed by atoms with E-state index in [2.05, 4.69) is 10.4 Å². The van der Waals surface area contributed by atoms with Gasteiger partial charge in [-0.25, -0.2) is 4.79 Å². The Balaban J connectivity index is 2.25. The van der Waals surface area contributed by atoms with Crippen molar-refractivity contribution in [3.63, 3.8) is 0 Å². The quantitative estimate of drug-likeness (QED) is 0.907. The maximum absolute atomic E-state index is 12.4. The van der Waals surface area contributed by atoms with Gasteiger partial charge in [0, 0.05) is 7.05 Å². The maximum atomic E-state index is 12.4. The van der Waals surface area contributed by atoms with E-state index in [4.69, 9.17) is 5.11 Å². The van der Waals surface area contributed by atoms with E-state index in [1.165, 1.54) is 10.9 Å². The van der Waals surface area contributed by atoms with Gasteiger partial charge in [0.05, 0.1) is 12.2 Å². The van der Waals surface area contributed by atoms with Gasteiger partial charge >= 0.3 is 5.97 Å². The van der Waals surface area contributed by atoms with Gasteiger partial charge in [-0.15, -0.1) is 0 Å². The largest absolute Gasteiger partial charge is 0.478 e. The van der Waals surface area contributed by atoms with Crippen LogP contribution in [0.15, 0.2) is 24.4 Å². The molecule has 116 valence electrons. The summed E-state index contributed by atoms with van der Waals surface area (Å²) in [7, 11) is 1.54. The lowest BCUT2D eigenvalue weighted by Gasteiger charge is -2.17. The Bertz CT molecular complexity index is 734. The van der Waals surface area contributed by atoms with Crippen LogP contribution in [0.4, 0.5) is 0 Å². The lowest BCUT2D eigenvalue weighted by Crippen LogP contribution is -2.30. The number of carboxylic acid groups (broad SMARTS) is 1. The van der Waals surface area contributed by atoms with Crippen molar-refractivity contribution < 1.29 is 14.7 Å². The summed E-state index contributed by atoms with van der Waals surface area (Å²) in [5.41, 5.74) is 3.17. The summed E-state index contributed by atoms with van der Waals surface area (Å²) in [6.07, 6.45) is 1.18. The molecule has 1 atom stereocenters. The molecule has 0 spiro atoms. The van der Waals surface area contributed by atoms with Crippen molar-refractivity contribution in [2.75, 3.05) is 0 Å². The number of carbonyl (C=O) groups is 2. The molecule has 1 heterocycles. The molecule has 0 radical (unpaired) electrons. The van der Waals surface area contributed by atoms with Crippen LogP contribution >= 0.6 is 0 Å². The van der Waals surface area contributed by atoms with Gasteiger partial charge in [-0.1, -0.05) is 23.8 Å². The zero-order chi connectivity index (χ0) is 16.4. The Labute approximate surface area is 128 Å². The third-order valence-electron chi connectivity index (χ3n) is 3.62. The van der Waals surface area contributed by atoms with E-state index in [1.54, 1.807) is 7.05 Å². The molecule has 0 aliphatic heterocycles. The monoisotopic (exact) mass is 301 g/mol. The Morgan fingerprint density at radius 2 is 2.00 bits per heavy atom. The lowest BCUT2D eigenvalue weighted by atomic mass is 10.00. The highest BCUT2D eigenvalue weighted by Gasteiger charge is 2.23. The van der Waals surface area contributed by atoms with Crippen LogP contribution in [-0.2, 0) is 7.05 Å². The van der Waals surface area contributed by atoms with Gasteiger partial charge in [-0.2, -0.15) is 5.10 Å². The van der Waals surface area contributed by atoms with Crippen molar-refractivity contribution in [1.29, 1.82) is 0 Å². The van der Waals surface area contributed by atoms with Crippen LogP contribution in [0.1, 0.15) is 50.5 Å². The number of nitrogens with one attached hydrogen (secondary N) is 1. The fourth-order valence-electron chi connectivity index (χ4n) is 2.52. The molecule has 0 aliphatic rings. The van der Waals surface area contributed by atoms with Crippen LogP contribution in [0.3, 0.4) is 0 Å². The minimum absolute atomic E-state index is 0.0455. The molecule has 1 aromatic heterocycles. The molecule has 0 saturated carbocycles. The first-order valence-corrected chi connectivity index (χ1v) is 6.94. The number of nitrogens with zero attached hydrogens (tertiary/aromatic N) is 2. The Morgan fingerprint density at radius 1 is 1.32 bits per heavy atom.